The first-order valence-corrected chi connectivity index (χ1v) is 12.2. The van der Waals surface area contributed by atoms with Gasteiger partial charge >= 0.3 is 12.1 Å². The molecule has 2 rings (SSSR count). The molecule has 0 amide bonds. The normalized spacial score (nSPS) is 30.4. The predicted octanol–water partition coefficient (Wildman–Crippen LogP) is 5.76. The zero-order valence-electron chi connectivity index (χ0n) is 16.6. The topological polar surface area (TPSA) is 35.5 Å². The lowest BCUT2D eigenvalue weighted by molar-refractivity contribution is -0.255. The molecule has 2 aliphatic carbocycles. The van der Waals surface area contributed by atoms with Crippen molar-refractivity contribution in [3.05, 3.63) is 11.6 Å². The molecule has 0 aromatic carbocycles. The number of carbonyl (C=O) groups excluding carboxylic acids is 1. The molecule has 1 fully saturated rings. The van der Waals surface area contributed by atoms with Gasteiger partial charge in [0.2, 0.25) is 0 Å². The summed E-state index contributed by atoms with van der Waals surface area (Å²) >= 11 is 0. The lowest BCUT2D eigenvalue weighted by Gasteiger charge is -2.50. The molecule has 7 heteroatoms. The monoisotopic (exact) mass is 392 g/mol. The Labute approximate surface area is 155 Å². The van der Waals surface area contributed by atoms with Crippen molar-refractivity contribution < 1.29 is 27.1 Å². The van der Waals surface area contributed by atoms with Crippen LogP contribution in [-0.2, 0) is 14.0 Å². The second-order valence-corrected chi connectivity index (χ2v) is 13.9. The third-order valence-corrected chi connectivity index (χ3v) is 10.8. The summed E-state index contributed by atoms with van der Waals surface area (Å²) in [6.45, 7) is 11.7. The van der Waals surface area contributed by atoms with Crippen LogP contribution in [0.15, 0.2) is 11.6 Å². The van der Waals surface area contributed by atoms with E-state index in [0.717, 1.165) is 0 Å². The standard InChI is InChI=1S/C19H31F3O3Si/c1-13(23)24-16-9-7-8-14-12-15(25-26(5,6)17(2,3)4)10-11-18(14,16)19(20,21)22/h12,15-16H,7-11H2,1-6H3/t15-,16-,18+/m0/s1. The van der Waals surface area contributed by atoms with Gasteiger partial charge in [-0.25, -0.2) is 0 Å². The quantitative estimate of drug-likeness (QED) is 0.348. The van der Waals surface area contributed by atoms with Crippen molar-refractivity contribution in [3.8, 4) is 0 Å². The number of fused-ring (bicyclic) bond motifs is 1. The molecule has 3 atom stereocenters. The molecule has 0 aromatic heterocycles. The van der Waals surface area contributed by atoms with Gasteiger partial charge in [0.1, 0.15) is 11.5 Å². The Balaban J connectivity index is 2.37. The first kappa shape index (κ1) is 21.5. The van der Waals surface area contributed by atoms with Crippen LogP contribution < -0.4 is 0 Å². The molecule has 0 aromatic rings. The summed E-state index contributed by atoms with van der Waals surface area (Å²) in [6.07, 6.45) is -2.74. The number of rotatable bonds is 3. The molecule has 0 spiro atoms. The van der Waals surface area contributed by atoms with Gasteiger partial charge < -0.3 is 9.16 Å². The van der Waals surface area contributed by atoms with Crippen molar-refractivity contribution in [1.82, 2.24) is 0 Å². The van der Waals surface area contributed by atoms with E-state index in [1.165, 1.54) is 6.92 Å². The first-order valence-electron chi connectivity index (χ1n) is 9.34. The zero-order valence-corrected chi connectivity index (χ0v) is 17.6. The number of ether oxygens (including phenoxy) is 1. The fourth-order valence-electron chi connectivity index (χ4n) is 3.90. The van der Waals surface area contributed by atoms with Gasteiger partial charge in [-0.3, -0.25) is 4.79 Å². The Hall–Kier alpha value is -0.823. The molecule has 0 aliphatic heterocycles. The van der Waals surface area contributed by atoms with E-state index in [2.05, 4.69) is 33.9 Å². The molecule has 0 N–H and O–H groups in total. The predicted molar refractivity (Wildman–Crippen MR) is 97.3 cm³/mol. The second-order valence-electron chi connectivity index (χ2n) is 9.11. The molecule has 0 heterocycles. The van der Waals surface area contributed by atoms with E-state index in [1.54, 1.807) is 6.08 Å². The lowest BCUT2D eigenvalue weighted by Crippen LogP contribution is -2.55. The maximum atomic E-state index is 14.2. The zero-order chi connectivity index (χ0) is 20.0. The lowest BCUT2D eigenvalue weighted by atomic mass is 9.62. The fourth-order valence-corrected chi connectivity index (χ4v) is 5.20. The molecular weight excluding hydrogens is 361 g/mol. The van der Waals surface area contributed by atoms with Crippen molar-refractivity contribution in [1.29, 1.82) is 0 Å². The highest BCUT2D eigenvalue weighted by Crippen LogP contribution is 2.58. The van der Waals surface area contributed by atoms with Crippen molar-refractivity contribution in [2.24, 2.45) is 5.41 Å². The van der Waals surface area contributed by atoms with E-state index in [4.69, 9.17) is 9.16 Å². The third-order valence-electron chi connectivity index (χ3n) is 6.31. The minimum absolute atomic E-state index is 0.00306. The van der Waals surface area contributed by atoms with Crippen LogP contribution in [-0.4, -0.2) is 32.7 Å². The molecule has 0 saturated heterocycles. The average molecular weight is 393 g/mol. The average Bonchev–Trinajstić information content (AvgIpc) is 2.43. The molecule has 0 radical (unpaired) electrons. The molecule has 2 aliphatic rings. The second kappa shape index (κ2) is 6.97. The van der Waals surface area contributed by atoms with Crippen LogP contribution in [0.4, 0.5) is 13.2 Å². The van der Waals surface area contributed by atoms with E-state index in [-0.39, 0.29) is 24.0 Å². The number of esters is 1. The molecular formula is C19H31F3O3Si. The van der Waals surface area contributed by atoms with E-state index in [9.17, 15) is 18.0 Å². The van der Waals surface area contributed by atoms with Crippen molar-refractivity contribution in [2.45, 2.75) is 96.3 Å². The van der Waals surface area contributed by atoms with Crippen LogP contribution in [0.25, 0.3) is 0 Å². The molecule has 0 unspecified atom stereocenters. The first-order chi connectivity index (χ1) is 11.7. The maximum absolute atomic E-state index is 14.2. The molecule has 0 bridgehead atoms. The summed E-state index contributed by atoms with van der Waals surface area (Å²) in [6, 6.07) is 0. The van der Waals surface area contributed by atoms with Gasteiger partial charge in [-0.15, -0.1) is 0 Å². The van der Waals surface area contributed by atoms with Gasteiger partial charge in [0.15, 0.2) is 8.32 Å². The van der Waals surface area contributed by atoms with Gasteiger partial charge in [-0.1, -0.05) is 32.4 Å². The van der Waals surface area contributed by atoms with Crippen LogP contribution in [0, 0.1) is 5.41 Å². The van der Waals surface area contributed by atoms with Crippen LogP contribution in [0.3, 0.4) is 0 Å². The van der Waals surface area contributed by atoms with Crippen LogP contribution in [0.5, 0.6) is 0 Å². The summed E-state index contributed by atoms with van der Waals surface area (Å²) in [5.74, 6) is -0.653. The molecule has 150 valence electrons. The number of halogens is 3. The Morgan fingerprint density at radius 1 is 1.23 bits per heavy atom. The fraction of sp³-hybridized carbons (Fsp3) is 0.842. The molecule has 3 nitrogen and oxygen atoms in total. The maximum Gasteiger partial charge on any atom is 0.401 e. The van der Waals surface area contributed by atoms with Gasteiger partial charge in [0.05, 0.1) is 6.10 Å². The number of hydrogen-bond acceptors (Lipinski definition) is 3. The van der Waals surface area contributed by atoms with Gasteiger partial charge in [-0.05, 0) is 50.2 Å². The van der Waals surface area contributed by atoms with E-state index < -0.39 is 32.0 Å². The largest absolute Gasteiger partial charge is 0.461 e. The smallest absolute Gasteiger partial charge is 0.401 e. The SMILES string of the molecule is CC(=O)O[C@H]1CCCC2=C[C@@H](O[Si](C)(C)C(C)(C)C)CC[C@@]21C(F)(F)F. The Morgan fingerprint density at radius 3 is 2.35 bits per heavy atom. The van der Waals surface area contributed by atoms with Crippen LogP contribution >= 0.6 is 0 Å². The summed E-state index contributed by atoms with van der Waals surface area (Å²) in [4.78, 5) is 11.4. The minimum Gasteiger partial charge on any atom is -0.461 e. The van der Waals surface area contributed by atoms with Crippen molar-refractivity contribution in [3.63, 3.8) is 0 Å². The highest BCUT2D eigenvalue weighted by Gasteiger charge is 2.64. The van der Waals surface area contributed by atoms with Gasteiger partial charge in [-0.2, -0.15) is 13.2 Å². The summed E-state index contributed by atoms with van der Waals surface area (Å²) in [5.41, 5.74) is -1.71. The van der Waals surface area contributed by atoms with Crippen LogP contribution in [0.2, 0.25) is 18.1 Å². The highest BCUT2D eigenvalue weighted by atomic mass is 28.4. The Kier molecular flexibility index (Phi) is 5.75. The minimum atomic E-state index is -4.44. The van der Waals surface area contributed by atoms with E-state index in [0.29, 0.717) is 24.8 Å². The number of carbonyl (C=O) groups is 1. The summed E-state index contributed by atoms with van der Waals surface area (Å²) in [5, 5.41) is -0.00306. The van der Waals surface area contributed by atoms with E-state index >= 15 is 0 Å². The van der Waals surface area contributed by atoms with Gasteiger partial charge in [0, 0.05) is 6.92 Å². The van der Waals surface area contributed by atoms with Crippen LogP contribution in [0.1, 0.15) is 59.8 Å². The van der Waals surface area contributed by atoms with Gasteiger partial charge in [0.25, 0.3) is 0 Å². The van der Waals surface area contributed by atoms with Crippen molar-refractivity contribution >= 4 is 14.3 Å². The molecule has 26 heavy (non-hydrogen) atoms. The molecule has 1 saturated carbocycles. The summed E-state index contributed by atoms with van der Waals surface area (Å²) in [7, 11) is -2.07. The van der Waals surface area contributed by atoms with Crippen molar-refractivity contribution in [2.75, 3.05) is 0 Å². The third kappa shape index (κ3) is 3.88. The number of hydrogen-bond donors (Lipinski definition) is 0. The summed E-state index contributed by atoms with van der Waals surface area (Å²) < 4.78 is 54.0. The van der Waals surface area contributed by atoms with E-state index in [1.807, 2.05) is 0 Å². The highest BCUT2D eigenvalue weighted by molar-refractivity contribution is 6.74. The Bertz CT molecular complexity index is 578. The Morgan fingerprint density at radius 2 is 1.85 bits per heavy atom. The number of alkyl halides is 3.